The summed E-state index contributed by atoms with van der Waals surface area (Å²) in [5.41, 5.74) is 8.14. The molecule has 0 aliphatic heterocycles. The van der Waals surface area contributed by atoms with E-state index in [-0.39, 0.29) is 47.1 Å². The number of hydrogen-bond acceptors (Lipinski definition) is 6. The quantitative estimate of drug-likeness (QED) is 0.264. The molecule has 8 N–H and O–H groups in total. The van der Waals surface area contributed by atoms with E-state index in [9.17, 15) is 9.59 Å². The largest absolute Gasteiger partial charge is 0.480 e. The van der Waals surface area contributed by atoms with E-state index in [0.29, 0.717) is 13.1 Å². The Kier molecular flexibility index (Phi) is 16.2. The zero-order chi connectivity index (χ0) is 13.9. The fourth-order valence-electron chi connectivity index (χ4n) is 0.644. The Labute approximate surface area is 119 Å². The van der Waals surface area contributed by atoms with Gasteiger partial charge in [-0.2, -0.15) is 0 Å². The summed E-state index contributed by atoms with van der Waals surface area (Å²) in [7, 11) is 0. The molecule has 0 bridgehead atoms. The van der Waals surface area contributed by atoms with Crippen LogP contribution in [0, 0.1) is 5.41 Å². The number of aliphatic carboxylic acids is 2. The van der Waals surface area contributed by atoms with Gasteiger partial charge in [-0.05, 0) is 12.8 Å². The normalized spacial score (nSPS) is 13.8. The Bertz CT molecular complexity index is 211. The zero-order valence-electron chi connectivity index (χ0n) is 9.82. The summed E-state index contributed by atoms with van der Waals surface area (Å²) in [6.45, 7) is 0.944. The second-order valence-electron chi connectivity index (χ2n) is 3.22. The van der Waals surface area contributed by atoms with Crippen LogP contribution in [0.3, 0.4) is 0 Å². The van der Waals surface area contributed by atoms with Gasteiger partial charge in [-0.1, -0.05) is 0 Å². The van der Waals surface area contributed by atoms with Gasteiger partial charge in [-0.15, -0.1) is 0 Å². The molecule has 0 atom stereocenters. The summed E-state index contributed by atoms with van der Waals surface area (Å²) >= 11 is 0. The van der Waals surface area contributed by atoms with Crippen LogP contribution in [0.4, 0.5) is 0 Å². The third-order valence-electron chi connectivity index (χ3n) is 1.83. The van der Waals surface area contributed by atoms with Gasteiger partial charge in [0.25, 0.3) is 0 Å². The Morgan fingerprint density at radius 1 is 0.944 bits per heavy atom. The molecule has 18 heavy (non-hydrogen) atoms. The van der Waals surface area contributed by atoms with Crippen molar-refractivity contribution in [1.29, 1.82) is 0 Å². The van der Waals surface area contributed by atoms with E-state index in [1.807, 2.05) is 0 Å². The fourth-order valence-corrected chi connectivity index (χ4v) is 0.644. The monoisotopic (exact) mass is 447 g/mol. The van der Waals surface area contributed by atoms with Gasteiger partial charge < -0.3 is 31.9 Å². The second-order valence-corrected chi connectivity index (χ2v) is 3.22. The molecule has 0 amide bonds. The minimum atomic E-state index is -1.42. The number of carboxylic acid groups (broad SMARTS) is 2. The van der Waals surface area contributed by atoms with Gasteiger partial charge in [0.15, 0.2) is 5.41 Å². The summed E-state index contributed by atoms with van der Waals surface area (Å²) in [4.78, 5) is 20.3. The van der Waals surface area contributed by atoms with Crippen molar-refractivity contribution in [2.45, 2.75) is 12.8 Å². The maximum atomic E-state index is 10.1. The Morgan fingerprint density at radius 2 is 1.17 bits per heavy atom. The first kappa shape index (κ1) is 22.6. The van der Waals surface area contributed by atoms with Crippen molar-refractivity contribution in [1.82, 2.24) is 0 Å². The van der Waals surface area contributed by atoms with E-state index in [1.54, 1.807) is 0 Å². The van der Waals surface area contributed by atoms with Crippen LogP contribution in [0.1, 0.15) is 12.8 Å². The molecule has 0 radical (unpaired) electrons. The summed E-state index contributed by atoms with van der Waals surface area (Å²) in [5.74, 6) is -2.43. The van der Waals surface area contributed by atoms with Crippen molar-refractivity contribution in [2.24, 2.45) is 16.9 Å². The van der Waals surface area contributed by atoms with Crippen molar-refractivity contribution in [3.8, 4) is 0 Å². The summed E-state index contributed by atoms with van der Waals surface area (Å²) in [5, 5.41) is 32.1. The number of aliphatic hydroxyl groups is 2. The van der Waals surface area contributed by atoms with E-state index in [2.05, 4.69) is 0 Å². The molecule has 1 saturated carbocycles. The molecular weight excluding hydrogens is 427 g/mol. The minimum Gasteiger partial charge on any atom is -0.480 e. The van der Waals surface area contributed by atoms with E-state index >= 15 is 0 Å². The molecule has 0 unspecified atom stereocenters. The first-order valence-corrected chi connectivity index (χ1v) is 5.01. The van der Waals surface area contributed by atoms with Crippen molar-refractivity contribution >= 4 is 11.9 Å². The summed E-state index contributed by atoms with van der Waals surface area (Å²) in [6, 6.07) is 0. The molecule has 0 heterocycles. The maximum absolute atomic E-state index is 10.1. The van der Waals surface area contributed by atoms with Crippen LogP contribution < -0.4 is 11.5 Å². The maximum Gasteiger partial charge on any atom is 0.321 e. The minimum absolute atomic E-state index is 0. The van der Waals surface area contributed by atoms with Gasteiger partial charge >= 0.3 is 11.9 Å². The Hall–Kier alpha value is -0.532. The molecule has 1 fully saturated rings. The topological polar surface area (TPSA) is 167 Å². The molecule has 112 valence electrons. The Balaban J connectivity index is -0.000000214. The average molecular weight is 447 g/mol. The Morgan fingerprint density at radius 3 is 1.17 bits per heavy atom. The second kappa shape index (κ2) is 12.9. The predicted octanol–water partition coefficient (Wildman–Crippen LogP) is -2.19. The summed E-state index contributed by atoms with van der Waals surface area (Å²) < 4.78 is 0. The van der Waals surface area contributed by atoms with Crippen LogP contribution in [-0.2, 0) is 30.7 Å². The van der Waals surface area contributed by atoms with Crippen LogP contribution >= 0.6 is 0 Å². The van der Waals surface area contributed by atoms with Gasteiger partial charge in [0, 0.05) is 34.2 Å². The average Bonchev–Trinajstić information content (AvgIpc) is 3.11. The number of rotatable bonds is 4. The van der Waals surface area contributed by atoms with Crippen LogP contribution in [0.15, 0.2) is 0 Å². The van der Waals surface area contributed by atoms with Crippen molar-refractivity contribution in [3.63, 3.8) is 0 Å². The molecule has 0 spiro atoms. The molecule has 0 aromatic rings. The van der Waals surface area contributed by atoms with Crippen molar-refractivity contribution in [3.05, 3.63) is 0 Å². The molecule has 1 aliphatic rings. The van der Waals surface area contributed by atoms with Crippen molar-refractivity contribution < 1.29 is 51.1 Å². The number of carboxylic acids is 2. The molecule has 0 aromatic carbocycles. The SMILES string of the molecule is NCCO.NCCO.O=C(O)C1(C(=O)O)CC1.[Pt]. The molecule has 1 aliphatic carbocycles. The standard InChI is InChI=1S/C5H6O4.2C2H7NO.Pt/c6-3(7)5(1-2-5)4(8)9;2*3-1-2-4;/h1-2H2,(H,6,7)(H,8,9);2*4H,1-3H2;. The summed E-state index contributed by atoms with van der Waals surface area (Å²) in [6.07, 6.45) is 0.551. The smallest absolute Gasteiger partial charge is 0.321 e. The number of carbonyl (C=O) groups is 2. The van der Waals surface area contributed by atoms with Gasteiger partial charge in [0.1, 0.15) is 0 Å². The third kappa shape index (κ3) is 9.49. The molecule has 1 rings (SSSR count). The molecular formula is C9H20N2O6Pt. The van der Waals surface area contributed by atoms with E-state index < -0.39 is 17.4 Å². The number of aliphatic hydroxyl groups excluding tert-OH is 2. The van der Waals surface area contributed by atoms with Crippen LogP contribution in [0.2, 0.25) is 0 Å². The zero-order valence-corrected chi connectivity index (χ0v) is 12.1. The molecule has 9 heteroatoms. The van der Waals surface area contributed by atoms with Gasteiger partial charge in [0.2, 0.25) is 0 Å². The predicted molar refractivity (Wildman–Crippen MR) is 59.2 cm³/mol. The number of nitrogens with two attached hydrogens (primary N) is 2. The molecule has 0 saturated heterocycles. The van der Waals surface area contributed by atoms with Gasteiger partial charge in [0.05, 0.1) is 13.2 Å². The van der Waals surface area contributed by atoms with Crippen LogP contribution in [-0.4, -0.2) is 58.7 Å². The van der Waals surface area contributed by atoms with Crippen LogP contribution in [0.25, 0.3) is 0 Å². The van der Waals surface area contributed by atoms with Gasteiger partial charge in [-0.25, -0.2) is 0 Å². The first-order chi connectivity index (χ1) is 7.92. The van der Waals surface area contributed by atoms with Gasteiger partial charge in [-0.3, -0.25) is 9.59 Å². The van der Waals surface area contributed by atoms with E-state index in [0.717, 1.165) is 0 Å². The molecule has 0 aromatic heterocycles. The number of hydrogen-bond donors (Lipinski definition) is 6. The fraction of sp³-hybridized carbons (Fsp3) is 0.778. The molecule has 8 nitrogen and oxygen atoms in total. The van der Waals surface area contributed by atoms with Crippen LogP contribution in [0.5, 0.6) is 0 Å². The first-order valence-electron chi connectivity index (χ1n) is 5.01. The van der Waals surface area contributed by atoms with E-state index in [4.69, 9.17) is 31.9 Å². The van der Waals surface area contributed by atoms with Crippen molar-refractivity contribution in [2.75, 3.05) is 26.3 Å². The van der Waals surface area contributed by atoms with E-state index in [1.165, 1.54) is 0 Å². The third-order valence-corrected chi connectivity index (χ3v) is 1.83.